The Morgan fingerprint density at radius 2 is 1.73 bits per heavy atom. The van der Waals surface area contributed by atoms with Gasteiger partial charge in [0.2, 0.25) is 15.9 Å². The molecular formula is C19H25N3O3S. The molecule has 0 aliphatic carbocycles. The molecule has 0 aliphatic rings. The number of aryl methyl sites for hydroxylation is 1. The normalized spacial score (nSPS) is 11.3. The number of carbonyl (C=O) groups is 1. The van der Waals surface area contributed by atoms with Crippen LogP contribution in [0.5, 0.6) is 0 Å². The number of nitrogens with one attached hydrogen (secondary N) is 2. The first-order valence-corrected chi connectivity index (χ1v) is 10.0. The summed E-state index contributed by atoms with van der Waals surface area (Å²) in [6, 6.07) is 12.3. The van der Waals surface area contributed by atoms with Crippen molar-refractivity contribution >= 4 is 21.6 Å². The van der Waals surface area contributed by atoms with Crippen molar-refractivity contribution in [1.29, 1.82) is 0 Å². The highest BCUT2D eigenvalue weighted by atomic mass is 32.2. The summed E-state index contributed by atoms with van der Waals surface area (Å²) in [6.45, 7) is 5.28. The van der Waals surface area contributed by atoms with Crippen LogP contribution in [-0.4, -0.2) is 27.4 Å². The lowest BCUT2D eigenvalue weighted by molar-refractivity contribution is -0.116. The van der Waals surface area contributed by atoms with E-state index in [0.29, 0.717) is 19.5 Å². The largest absolute Gasteiger partial charge is 0.326 e. The number of benzene rings is 2. The van der Waals surface area contributed by atoms with Gasteiger partial charge in [-0.25, -0.2) is 13.6 Å². The molecule has 7 heteroatoms. The van der Waals surface area contributed by atoms with Crippen LogP contribution in [0.2, 0.25) is 0 Å². The topological polar surface area (TPSA) is 101 Å². The highest BCUT2D eigenvalue weighted by molar-refractivity contribution is 7.89. The SMILES string of the molecule is Cc1cccc(NC(=O)CCNCCc2ccc(S(N)(=O)=O)cc2)c1C. The molecule has 6 nitrogen and oxygen atoms in total. The summed E-state index contributed by atoms with van der Waals surface area (Å²) in [5.41, 5.74) is 4.08. The summed E-state index contributed by atoms with van der Waals surface area (Å²) in [5.74, 6) is -0.0243. The van der Waals surface area contributed by atoms with Crippen LogP contribution in [0.1, 0.15) is 23.1 Å². The lowest BCUT2D eigenvalue weighted by Gasteiger charge is -2.10. The molecule has 0 aliphatic heterocycles. The molecule has 26 heavy (non-hydrogen) atoms. The molecule has 0 radical (unpaired) electrons. The van der Waals surface area contributed by atoms with Crippen molar-refractivity contribution in [3.8, 4) is 0 Å². The van der Waals surface area contributed by atoms with Gasteiger partial charge < -0.3 is 10.6 Å². The molecule has 140 valence electrons. The fourth-order valence-electron chi connectivity index (χ4n) is 2.50. The highest BCUT2D eigenvalue weighted by Gasteiger charge is 2.07. The van der Waals surface area contributed by atoms with Crippen LogP contribution in [0.25, 0.3) is 0 Å². The van der Waals surface area contributed by atoms with Crippen molar-refractivity contribution in [1.82, 2.24) is 5.32 Å². The molecule has 0 fully saturated rings. The average Bonchev–Trinajstić information content (AvgIpc) is 2.58. The van der Waals surface area contributed by atoms with Gasteiger partial charge in [-0.1, -0.05) is 24.3 Å². The summed E-state index contributed by atoms with van der Waals surface area (Å²) in [6.07, 6.45) is 1.13. The molecule has 0 saturated heterocycles. The van der Waals surface area contributed by atoms with E-state index in [4.69, 9.17) is 5.14 Å². The number of sulfonamides is 1. The van der Waals surface area contributed by atoms with Crippen LogP contribution in [0.15, 0.2) is 47.4 Å². The van der Waals surface area contributed by atoms with E-state index < -0.39 is 10.0 Å². The number of rotatable bonds is 8. The van der Waals surface area contributed by atoms with Crippen molar-refractivity contribution in [3.63, 3.8) is 0 Å². The minimum atomic E-state index is -3.65. The van der Waals surface area contributed by atoms with Gasteiger partial charge in [0.15, 0.2) is 0 Å². The Kier molecular flexibility index (Phi) is 6.90. The summed E-state index contributed by atoms with van der Waals surface area (Å²) in [5, 5.41) is 11.2. The zero-order valence-electron chi connectivity index (χ0n) is 15.1. The molecule has 0 atom stereocenters. The van der Waals surface area contributed by atoms with Gasteiger partial charge in [0.25, 0.3) is 0 Å². The van der Waals surface area contributed by atoms with Gasteiger partial charge in [-0.3, -0.25) is 4.79 Å². The van der Waals surface area contributed by atoms with Crippen LogP contribution >= 0.6 is 0 Å². The van der Waals surface area contributed by atoms with Gasteiger partial charge in [0.1, 0.15) is 0 Å². The van der Waals surface area contributed by atoms with Gasteiger partial charge in [0.05, 0.1) is 4.90 Å². The molecule has 0 unspecified atom stereocenters. The summed E-state index contributed by atoms with van der Waals surface area (Å²) in [7, 11) is -3.65. The number of anilines is 1. The third-order valence-corrected chi connectivity index (χ3v) is 5.18. The monoisotopic (exact) mass is 375 g/mol. The Bertz CT molecular complexity index is 862. The molecule has 1 amide bonds. The van der Waals surface area contributed by atoms with Crippen molar-refractivity contribution < 1.29 is 13.2 Å². The molecule has 0 saturated carbocycles. The summed E-state index contributed by atoms with van der Waals surface area (Å²) >= 11 is 0. The van der Waals surface area contributed by atoms with Crippen LogP contribution in [-0.2, 0) is 21.2 Å². The van der Waals surface area contributed by atoms with E-state index in [-0.39, 0.29) is 10.8 Å². The van der Waals surface area contributed by atoms with E-state index in [2.05, 4.69) is 10.6 Å². The summed E-state index contributed by atoms with van der Waals surface area (Å²) in [4.78, 5) is 12.1. The fourth-order valence-corrected chi connectivity index (χ4v) is 3.02. The number of nitrogens with two attached hydrogens (primary N) is 1. The minimum Gasteiger partial charge on any atom is -0.326 e. The lowest BCUT2D eigenvalue weighted by atomic mass is 10.1. The third-order valence-electron chi connectivity index (χ3n) is 4.25. The molecule has 2 aromatic rings. The lowest BCUT2D eigenvalue weighted by Crippen LogP contribution is -2.23. The number of hydrogen-bond acceptors (Lipinski definition) is 4. The van der Waals surface area contributed by atoms with E-state index in [9.17, 15) is 13.2 Å². The van der Waals surface area contributed by atoms with Gasteiger partial charge >= 0.3 is 0 Å². The second-order valence-electron chi connectivity index (χ2n) is 6.23. The van der Waals surface area contributed by atoms with Crippen LogP contribution < -0.4 is 15.8 Å². The smallest absolute Gasteiger partial charge is 0.238 e. The number of primary sulfonamides is 1. The van der Waals surface area contributed by atoms with Crippen molar-refractivity contribution in [2.24, 2.45) is 5.14 Å². The Morgan fingerprint density at radius 3 is 2.38 bits per heavy atom. The molecule has 4 N–H and O–H groups in total. The van der Waals surface area contributed by atoms with Gasteiger partial charge in [0, 0.05) is 18.7 Å². The maximum absolute atomic E-state index is 12.0. The predicted octanol–water partition coefficient (Wildman–Crippen LogP) is 2.11. The van der Waals surface area contributed by atoms with E-state index in [1.807, 2.05) is 32.0 Å². The Labute approximate surface area is 154 Å². The molecule has 2 aromatic carbocycles. The molecule has 2 rings (SSSR count). The number of carbonyl (C=O) groups excluding carboxylic acids is 1. The number of amides is 1. The molecule has 0 spiro atoms. The zero-order chi connectivity index (χ0) is 19.2. The zero-order valence-corrected chi connectivity index (χ0v) is 15.9. The maximum atomic E-state index is 12.0. The predicted molar refractivity (Wildman–Crippen MR) is 104 cm³/mol. The standard InChI is InChI=1S/C19H25N3O3S/c1-14-4-3-5-18(15(14)2)22-19(23)11-13-21-12-10-16-6-8-17(9-7-16)26(20,24)25/h3-9,21H,10-13H2,1-2H3,(H,22,23)(H2,20,24,25). The van der Waals surface area contributed by atoms with Crippen molar-refractivity contribution in [3.05, 3.63) is 59.2 Å². The van der Waals surface area contributed by atoms with E-state index in [1.165, 1.54) is 12.1 Å². The quantitative estimate of drug-likeness (QED) is 0.615. The molecule has 0 bridgehead atoms. The second kappa shape index (κ2) is 8.93. The van der Waals surface area contributed by atoms with Gasteiger partial charge in [-0.05, 0) is 61.7 Å². The van der Waals surface area contributed by atoms with Gasteiger partial charge in [-0.15, -0.1) is 0 Å². The van der Waals surface area contributed by atoms with Gasteiger partial charge in [-0.2, -0.15) is 0 Å². The average molecular weight is 375 g/mol. The first-order chi connectivity index (χ1) is 12.3. The third kappa shape index (κ3) is 5.94. The van der Waals surface area contributed by atoms with E-state index >= 15 is 0 Å². The first-order valence-electron chi connectivity index (χ1n) is 8.46. The van der Waals surface area contributed by atoms with Crippen molar-refractivity contribution in [2.45, 2.75) is 31.6 Å². The maximum Gasteiger partial charge on any atom is 0.238 e. The Hall–Kier alpha value is -2.22. The molecular weight excluding hydrogens is 350 g/mol. The van der Waals surface area contributed by atoms with Crippen LogP contribution in [0, 0.1) is 13.8 Å². The first kappa shape index (κ1) is 20.1. The second-order valence-corrected chi connectivity index (χ2v) is 7.80. The Balaban J connectivity index is 1.70. The minimum absolute atomic E-state index is 0.0243. The van der Waals surface area contributed by atoms with E-state index in [1.54, 1.807) is 12.1 Å². The summed E-state index contributed by atoms with van der Waals surface area (Å²) < 4.78 is 22.4. The fraction of sp³-hybridized carbons (Fsp3) is 0.316. The number of hydrogen-bond donors (Lipinski definition) is 3. The molecule has 0 heterocycles. The molecule has 0 aromatic heterocycles. The van der Waals surface area contributed by atoms with E-state index in [0.717, 1.165) is 28.8 Å². The van der Waals surface area contributed by atoms with Crippen LogP contribution in [0.4, 0.5) is 5.69 Å². The van der Waals surface area contributed by atoms with Crippen LogP contribution in [0.3, 0.4) is 0 Å². The Morgan fingerprint density at radius 1 is 1.04 bits per heavy atom. The highest BCUT2D eigenvalue weighted by Crippen LogP contribution is 2.17. The van der Waals surface area contributed by atoms with Crippen molar-refractivity contribution in [2.75, 3.05) is 18.4 Å².